The van der Waals surface area contributed by atoms with E-state index in [1.165, 1.54) is 0 Å². The molecular formula is C18H21NO4. The smallest absolute Gasteiger partial charge is 0.326 e. The highest BCUT2D eigenvalue weighted by molar-refractivity contribution is 6.07. The van der Waals surface area contributed by atoms with Crippen LogP contribution in [0.1, 0.15) is 36.8 Å². The quantitative estimate of drug-likeness (QED) is 0.631. The lowest BCUT2D eigenvalue weighted by molar-refractivity contribution is -0.153. The van der Waals surface area contributed by atoms with Gasteiger partial charge in [0.15, 0.2) is 0 Å². The van der Waals surface area contributed by atoms with Crippen molar-refractivity contribution in [3.8, 4) is 0 Å². The summed E-state index contributed by atoms with van der Waals surface area (Å²) in [5.41, 5.74) is 2.02. The predicted molar refractivity (Wildman–Crippen MR) is 83.1 cm³/mol. The third-order valence-electron chi connectivity index (χ3n) is 4.74. The Kier molecular flexibility index (Phi) is 4.46. The van der Waals surface area contributed by atoms with Crippen LogP contribution in [0.4, 0.5) is 0 Å². The maximum absolute atomic E-state index is 12.3. The lowest BCUT2D eigenvalue weighted by Crippen LogP contribution is -2.36. The average Bonchev–Trinajstić information content (AvgIpc) is 2.80. The summed E-state index contributed by atoms with van der Waals surface area (Å²) in [6.45, 7) is 1.87. The molecule has 0 aromatic heterocycles. The van der Waals surface area contributed by atoms with Crippen molar-refractivity contribution in [3.05, 3.63) is 35.4 Å². The van der Waals surface area contributed by atoms with Gasteiger partial charge in [-0.05, 0) is 25.3 Å². The van der Waals surface area contributed by atoms with E-state index in [1.54, 1.807) is 0 Å². The second-order valence-corrected chi connectivity index (χ2v) is 6.41. The van der Waals surface area contributed by atoms with Crippen LogP contribution in [0.5, 0.6) is 0 Å². The van der Waals surface area contributed by atoms with Gasteiger partial charge in [-0.25, -0.2) is 0 Å². The summed E-state index contributed by atoms with van der Waals surface area (Å²) >= 11 is 0. The number of imide groups is 1. The number of carbonyl (C=O) groups excluding carboxylic acids is 3. The molecule has 2 atom stereocenters. The Bertz CT molecular complexity index is 598. The molecule has 1 saturated carbocycles. The third-order valence-corrected chi connectivity index (χ3v) is 4.74. The van der Waals surface area contributed by atoms with Crippen molar-refractivity contribution in [1.82, 2.24) is 4.90 Å². The van der Waals surface area contributed by atoms with E-state index in [1.807, 2.05) is 31.2 Å². The maximum Gasteiger partial charge on any atom is 0.326 e. The summed E-state index contributed by atoms with van der Waals surface area (Å²) in [5.74, 6) is -1.38. The molecule has 0 N–H and O–H groups in total. The van der Waals surface area contributed by atoms with Crippen molar-refractivity contribution in [2.24, 2.45) is 11.8 Å². The summed E-state index contributed by atoms with van der Waals surface area (Å²) in [5, 5.41) is 0. The molecule has 23 heavy (non-hydrogen) atoms. The molecule has 1 aromatic carbocycles. The molecule has 1 saturated heterocycles. The molecule has 2 fully saturated rings. The summed E-state index contributed by atoms with van der Waals surface area (Å²) < 4.78 is 5.19. The molecule has 5 heteroatoms. The first kappa shape index (κ1) is 15.7. The molecule has 1 aliphatic carbocycles. The Morgan fingerprint density at radius 3 is 2.22 bits per heavy atom. The lowest BCUT2D eigenvalue weighted by atomic mass is 9.81. The minimum Gasteiger partial charge on any atom is -0.459 e. The number of aryl methyl sites for hydroxylation is 1. The van der Waals surface area contributed by atoms with E-state index in [2.05, 4.69) is 0 Å². The van der Waals surface area contributed by atoms with Gasteiger partial charge in [-0.3, -0.25) is 19.3 Å². The van der Waals surface area contributed by atoms with E-state index < -0.39 is 5.97 Å². The van der Waals surface area contributed by atoms with Crippen LogP contribution in [0, 0.1) is 18.8 Å². The summed E-state index contributed by atoms with van der Waals surface area (Å²) in [6, 6.07) is 7.68. The monoisotopic (exact) mass is 315 g/mol. The van der Waals surface area contributed by atoms with Crippen LogP contribution >= 0.6 is 0 Å². The number of amides is 2. The van der Waals surface area contributed by atoms with Gasteiger partial charge in [-0.2, -0.15) is 0 Å². The van der Waals surface area contributed by atoms with Crippen LogP contribution in [0.2, 0.25) is 0 Å². The van der Waals surface area contributed by atoms with Gasteiger partial charge >= 0.3 is 5.97 Å². The number of ether oxygens (including phenoxy) is 1. The normalized spacial score (nSPS) is 23.8. The van der Waals surface area contributed by atoms with Crippen molar-refractivity contribution in [1.29, 1.82) is 0 Å². The van der Waals surface area contributed by atoms with E-state index in [-0.39, 0.29) is 36.8 Å². The number of esters is 1. The van der Waals surface area contributed by atoms with E-state index in [0.29, 0.717) is 0 Å². The highest BCUT2D eigenvalue weighted by Crippen LogP contribution is 2.37. The third kappa shape index (κ3) is 3.28. The zero-order chi connectivity index (χ0) is 16.4. The van der Waals surface area contributed by atoms with Gasteiger partial charge in [0.25, 0.3) is 0 Å². The van der Waals surface area contributed by atoms with Gasteiger partial charge in [0.1, 0.15) is 13.2 Å². The zero-order valence-corrected chi connectivity index (χ0v) is 13.3. The standard InChI is InChI=1S/C18H21NO4/c1-12-6-8-13(9-7-12)11-23-16(20)10-19-17(21)14-4-2-3-5-15(14)18(19)22/h6-9,14-15H,2-5,10-11H2,1H3/t14-,15+. The molecule has 0 unspecified atom stereocenters. The molecule has 1 aromatic rings. The molecule has 3 rings (SSSR count). The topological polar surface area (TPSA) is 63.7 Å². The minimum absolute atomic E-state index is 0.155. The highest BCUT2D eigenvalue weighted by Gasteiger charge is 2.48. The SMILES string of the molecule is Cc1ccc(COC(=O)CN2C(=O)[C@H]3CCCC[C@H]3C2=O)cc1. The maximum atomic E-state index is 12.3. The number of rotatable bonds is 4. The largest absolute Gasteiger partial charge is 0.459 e. The van der Waals surface area contributed by atoms with Crippen molar-refractivity contribution in [2.45, 2.75) is 39.2 Å². The van der Waals surface area contributed by atoms with Gasteiger partial charge in [-0.15, -0.1) is 0 Å². The Hall–Kier alpha value is -2.17. The molecule has 122 valence electrons. The number of carbonyl (C=O) groups is 3. The summed E-state index contributed by atoms with van der Waals surface area (Å²) in [7, 11) is 0. The van der Waals surface area contributed by atoms with E-state index >= 15 is 0 Å². The van der Waals surface area contributed by atoms with Gasteiger partial charge < -0.3 is 4.74 Å². The Labute approximate surface area is 135 Å². The molecule has 0 spiro atoms. The van der Waals surface area contributed by atoms with Crippen molar-refractivity contribution >= 4 is 17.8 Å². The Morgan fingerprint density at radius 1 is 1.09 bits per heavy atom. The van der Waals surface area contributed by atoms with E-state index in [0.717, 1.165) is 41.7 Å². The van der Waals surface area contributed by atoms with Crippen LogP contribution in [-0.4, -0.2) is 29.2 Å². The van der Waals surface area contributed by atoms with Crippen LogP contribution in [0.25, 0.3) is 0 Å². The first-order chi connectivity index (χ1) is 11.1. The fourth-order valence-corrected chi connectivity index (χ4v) is 3.41. The summed E-state index contributed by atoms with van der Waals surface area (Å²) in [6.07, 6.45) is 3.46. The average molecular weight is 315 g/mol. The molecule has 1 heterocycles. The van der Waals surface area contributed by atoms with Crippen LogP contribution < -0.4 is 0 Å². The fourth-order valence-electron chi connectivity index (χ4n) is 3.41. The number of hydrogen-bond donors (Lipinski definition) is 0. The fraction of sp³-hybridized carbons (Fsp3) is 0.500. The number of hydrogen-bond acceptors (Lipinski definition) is 4. The lowest BCUT2D eigenvalue weighted by Gasteiger charge is -2.19. The molecule has 2 amide bonds. The van der Waals surface area contributed by atoms with Gasteiger partial charge in [0.05, 0.1) is 11.8 Å². The van der Waals surface area contributed by atoms with Crippen molar-refractivity contribution < 1.29 is 19.1 Å². The van der Waals surface area contributed by atoms with Crippen molar-refractivity contribution in [2.75, 3.05) is 6.54 Å². The molecule has 2 aliphatic rings. The Morgan fingerprint density at radius 2 is 1.65 bits per heavy atom. The van der Waals surface area contributed by atoms with E-state index in [9.17, 15) is 14.4 Å². The first-order valence-electron chi connectivity index (χ1n) is 8.12. The van der Waals surface area contributed by atoms with Crippen LogP contribution in [0.15, 0.2) is 24.3 Å². The highest BCUT2D eigenvalue weighted by atomic mass is 16.5. The predicted octanol–water partition coefficient (Wildman–Crippen LogP) is 2.21. The van der Waals surface area contributed by atoms with Crippen LogP contribution in [-0.2, 0) is 25.7 Å². The van der Waals surface area contributed by atoms with E-state index in [4.69, 9.17) is 4.74 Å². The Balaban J connectivity index is 1.56. The first-order valence-corrected chi connectivity index (χ1v) is 8.12. The molecule has 5 nitrogen and oxygen atoms in total. The molecule has 0 bridgehead atoms. The molecular weight excluding hydrogens is 294 g/mol. The molecule has 1 aliphatic heterocycles. The number of benzene rings is 1. The second kappa shape index (κ2) is 6.52. The second-order valence-electron chi connectivity index (χ2n) is 6.41. The van der Waals surface area contributed by atoms with Gasteiger partial charge in [0, 0.05) is 0 Å². The number of fused-ring (bicyclic) bond motifs is 1. The molecule has 0 radical (unpaired) electrons. The van der Waals surface area contributed by atoms with Crippen molar-refractivity contribution in [3.63, 3.8) is 0 Å². The zero-order valence-electron chi connectivity index (χ0n) is 13.3. The van der Waals surface area contributed by atoms with Gasteiger partial charge in [0.2, 0.25) is 11.8 Å². The summed E-state index contributed by atoms with van der Waals surface area (Å²) in [4.78, 5) is 37.7. The number of likely N-dealkylation sites (tertiary alicyclic amines) is 1. The minimum atomic E-state index is -0.536. The van der Waals surface area contributed by atoms with Crippen LogP contribution in [0.3, 0.4) is 0 Å². The number of nitrogens with zero attached hydrogens (tertiary/aromatic N) is 1. The van der Waals surface area contributed by atoms with Gasteiger partial charge in [-0.1, -0.05) is 42.7 Å².